The van der Waals surface area contributed by atoms with E-state index < -0.39 is 16.1 Å². The number of carbonyl (C=O) groups is 1. The SMILES string of the molecule is CCCCc1c(OS(=O)(=O)CC)n(-c2ccccc2)n(-c2ccc(OC(C)=O)cc2)c1=O. The second-order valence-electron chi connectivity index (χ2n) is 7.17. The van der Waals surface area contributed by atoms with Gasteiger partial charge in [0.2, 0.25) is 5.88 Å². The van der Waals surface area contributed by atoms with E-state index in [4.69, 9.17) is 8.92 Å². The molecule has 3 rings (SSSR count). The number of unbranched alkanes of at least 4 members (excludes halogenated alkanes) is 1. The Bertz CT molecular complexity index is 1240. The summed E-state index contributed by atoms with van der Waals surface area (Å²) in [6, 6.07) is 15.3. The Morgan fingerprint density at radius 1 is 0.938 bits per heavy atom. The fourth-order valence-corrected chi connectivity index (χ4v) is 3.75. The molecule has 8 nitrogen and oxygen atoms in total. The first kappa shape index (κ1) is 23.3. The summed E-state index contributed by atoms with van der Waals surface area (Å²) < 4.78 is 38.2. The standard InChI is InChI=1S/C23H26N2O6S/c1-4-6-12-21-22(27)24(19-13-15-20(16-14-19)30-17(3)26)25(18-10-8-7-9-11-18)23(21)31-32(28,29)5-2/h7-11,13-16H,4-6,12H2,1-3H3. The third kappa shape index (κ3) is 5.11. The molecule has 0 saturated heterocycles. The van der Waals surface area contributed by atoms with E-state index >= 15 is 0 Å². The molecule has 0 aliphatic heterocycles. The van der Waals surface area contributed by atoms with Crippen molar-refractivity contribution in [3.05, 3.63) is 70.5 Å². The third-order valence-corrected chi connectivity index (χ3v) is 5.90. The first-order chi connectivity index (χ1) is 15.3. The topological polar surface area (TPSA) is 96.6 Å². The van der Waals surface area contributed by atoms with E-state index in [0.717, 1.165) is 6.42 Å². The van der Waals surface area contributed by atoms with Crippen molar-refractivity contribution in [1.82, 2.24) is 9.36 Å². The van der Waals surface area contributed by atoms with Crippen molar-refractivity contribution in [2.45, 2.75) is 40.0 Å². The van der Waals surface area contributed by atoms with Gasteiger partial charge in [0.05, 0.1) is 22.7 Å². The Labute approximate surface area is 187 Å². The van der Waals surface area contributed by atoms with Gasteiger partial charge >= 0.3 is 16.1 Å². The number of ether oxygens (including phenoxy) is 1. The zero-order valence-electron chi connectivity index (χ0n) is 18.3. The predicted octanol–water partition coefficient (Wildman–Crippen LogP) is 3.62. The highest BCUT2D eigenvalue weighted by molar-refractivity contribution is 7.87. The lowest BCUT2D eigenvalue weighted by Gasteiger charge is -2.15. The number of aromatic nitrogens is 2. The number of rotatable bonds is 9. The van der Waals surface area contributed by atoms with Crippen LogP contribution in [-0.2, 0) is 21.3 Å². The van der Waals surface area contributed by atoms with Crippen molar-refractivity contribution in [2.75, 3.05) is 5.75 Å². The highest BCUT2D eigenvalue weighted by Crippen LogP contribution is 2.27. The smallest absolute Gasteiger partial charge is 0.310 e. The van der Waals surface area contributed by atoms with Crippen LogP contribution in [-0.4, -0.2) is 29.5 Å². The molecule has 32 heavy (non-hydrogen) atoms. The van der Waals surface area contributed by atoms with E-state index in [-0.39, 0.29) is 22.8 Å². The number of carbonyl (C=O) groups excluding carboxylic acids is 1. The molecule has 3 aromatic rings. The Hall–Kier alpha value is -3.33. The van der Waals surface area contributed by atoms with Crippen LogP contribution in [0.1, 0.15) is 39.2 Å². The molecule has 0 aliphatic carbocycles. The lowest BCUT2D eigenvalue weighted by atomic mass is 10.1. The van der Waals surface area contributed by atoms with Gasteiger partial charge in [-0.2, -0.15) is 8.42 Å². The largest absolute Gasteiger partial charge is 0.427 e. The van der Waals surface area contributed by atoms with Gasteiger partial charge in [0.15, 0.2) is 0 Å². The van der Waals surface area contributed by atoms with Gasteiger partial charge in [0.1, 0.15) is 5.75 Å². The molecule has 0 spiro atoms. The highest BCUT2D eigenvalue weighted by atomic mass is 32.2. The maximum Gasteiger partial charge on any atom is 0.310 e. The van der Waals surface area contributed by atoms with Crippen LogP contribution in [0.2, 0.25) is 0 Å². The molecule has 0 unspecified atom stereocenters. The van der Waals surface area contributed by atoms with Crippen LogP contribution in [0.4, 0.5) is 0 Å². The maximum absolute atomic E-state index is 13.5. The van der Waals surface area contributed by atoms with Crippen LogP contribution in [0.5, 0.6) is 11.6 Å². The van der Waals surface area contributed by atoms with Gasteiger partial charge in [-0.05, 0) is 56.2 Å². The summed E-state index contributed by atoms with van der Waals surface area (Å²) in [5, 5.41) is 0. The minimum Gasteiger partial charge on any atom is -0.427 e. The molecule has 2 aromatic carbocycles. The fourth-order valence-electron chi connectivity index (χ4n) is 3.22. The molecule has 1 aromatic heterocycles. The van der Waals surface area contributed by atoms with E-state index in [1.54, 1.807) is 48.5 Å². The third-order valence-electron chi connectivity index (χ3n) is 4.78. The number of hydrogen-bond donors (Lipinski definition) is 0. The molecule has 0 N–H and O–H groups in total. The van der Waals surface area contributed by atoms with E-state index in [0.29, 0.717) is 30.0 Å². The summed E-state index contributed by atoms with van der Waals surface area (Å²) in [7, 11) is -3.89. The molecule has 0 saturated carbocycles. The fraction of sp³-hybridized carbons (Fsp3) is 0.304. The van der Waals surface area contributed by atoms with Gasteiger partial charge in [-0.15, -0.1) is 0 Å². The number of para-hydroxylation sites is 1. The lowest BCUT2D eigenvalue weighted by Crippen LogP contribution is -2.22. The van der Waals surface area contributed by atoms with Crippen molar-refractivity contribution in [3.63, 3.8) is 0 Å². The van der Waals surface area contributed by atoms with Gasteiger partial charge in [0.25, 0.3) is 5.56 Å². The summed E-state index contributed by atoms with van der Waals surface area (Å²) in [5.74, 6) is -0.361. The molecule has 170 valence electrons. The minimum absolute atomic E-state index is 0.0134. The average molecular weight is 459 g/mol. The molecule has 0 radical (unpaired) electrons. The number of benzene rings is 2. The van der Waals surface area contributed by atoms with Crippen molar-refractivity contribution in [3.8, 4) is 23.0 Å². The number of esters is 1. The summed E-state index contributed by atoms with van der Waals surface area (Å²) in [4.78, 5) is 24.7. The summed E-state index contributed by atoms with van der Waals surface area (Å²) in [6.45, 7) is 4.78. The van der Waals surface area contributed by atoms with E-state index in [9.17, 15) is 18.0 Å². The van der Waals surface area contributed by atoms with Crippen LogP contribution in [0, 0.1) is 0 Å². The van der Waals surface area contributed by atoms with Crippen molar-refractivity contribution in [2.24, 2.45) is 0 Å². The summed E-state index contributed by atoms with van der Waals surface area (Å²) in [6.07, 6.45) is 1.89. The molecule has 1 heterocycles. The van der Waals surface area contributed by atoms with E-state index in [1.807, 2.05) is 13.0 Å². The molecule has 0 bridgehead atoms. The second-order valence-corrected chi connectivity index (χ2v) is 9.03. The zero-order chi connectivity index (χ0) is 23.3. The van der Waals surface area contributed by atoms with Crippen molar-refractivity contribution >= 4 is 16.1 Å². The Balaban J connectivity index is 2.29. The first-order valence-electron chi connectivity index (χ1n) is 10.4. The van der Waals surface area contributed by atoms with Gasteiger partial charge < -0.3 is 8.92 Å². The normalized spacial score (nSPS) is 11.3. The lowest BCUT2D eigenvalue weighted by molar-refractivity contribution is -0.131. The maximum atomic E-state index is 13.5. The zero-order valence-corrected chi connectivity index (χ0v) is 19.1. The van der Waals surface area contributed by atoms with E-state index in [2.05, 4.69) is 0 Å². The van der Waals surface area contributed by atoms with Gasteiger partial charge in [0, 0.05) is 6.92 Å². The second kappa shape index (κ2) is 9.86. The van der Waals surface area contributed by atoms with Crippen LogP contribution in [0.25, 0.3) is 11.4 Å². The van der Waals surface area contributed by atoms with Crippen LogP contribution < -0.4 is 14.5 Å². The van der Waals surface area contributed by atoms with Crippen LogP contribution in [0.3, 0.4) is 0 Å². The molecule has 0 aliphatic rings. The molecular formula is C23H26N2O6S. The van der Waals surface area contributed by atoms with Crippen molar-refractivity contribution < 1.29 is 22.1 Å². The first-order valence-corrected chi connectivity index (χ1v) is 12.0. The molecular weight excluding hydrogens is 432 g/mol. The highest BCUT2D eigenvalue weighted by Gasteiger charge is 2.26. The molecule has 0 fully saturated rings. The summed E-state index contributed by atoms with van der Waals surface area (Å²) >= 11 is 0. The minimum atomic E-state index is -3.89. The van der Waals surface area contributed by atoms with Crippen LogP contribution in [0.15, 0.2) is 59.4 Å². The molecule has 0 amide bonds. The quantitative estimate of drug-likeness (QED) is 0.276. The monoisotopic (exact) mass is 458 g/mol. The Morgan fingerprint density at radius 2 is 1.56 bits per heavy atom. The molecule has 0 atom stereocenters. The van der Waals surface area contributed by atoms with Crippen LogP contribution >= 0.6 is 0 Å². The Kier molecular flexibility index (Phi) is 7.19. The number of hydrogen-bond acceptors (Lipinski definition) is 6. The average Bonchev–Trinajstić information content (AvgIpc) is 3.03. The molecule has 9 heteroatoms. The van der Waals surface area contributed by atoms with E-state index in [1.165, 1.54) is 23.2 Å². The number of nitrogens with zero attached hydrogens (tertiary/aromatic N) is 2. The predicted molar refractivity (Wildman–Crippen MR) is 121 cm³/mol. The van der Waals surface area contributed by atoms with Gasteiger partial charge in [-0.1, -0.05) is 31.5 Å². The summed E-state index contributed by atoms with van der Waals surface area (Å²) in [5.41, 5.74) is 0.953. The Morgan fingerprint density at radius 3 is 2.12 bits per heavy atom. The van der Waals surface area contributed by atoms with Gasteiger partial charge in [-0.3, -0.25) is 9.59 Å². The van der Waals surface area contributed by atoms with Crippen molar-refractivity contribution in [1.29, 1.82) is 0 Å². The van der Waals surface area contributed by atoms with Gasteiger partial charge in [-0.25, -0.2) is 9.36 Å².